The Morgan fingerprint density at radius 3 is 2.12 bits per heavy atom. The maximum absolute atomic E-state index is 12.1. The number of hydrogen-bond donors (Lipinski definition) is 3. The molecule has 1 amide bonds. The second-order valence-corrected chi connectivity index (χ2v) is 6.76. The molecule has 0 rings (SSSR count). The molecule has 7 heteroatoms. The topological polar surface area (TPSA) is 96.5 Å². The van der Waals surface area contributed by atoms with Crippen LogP contribution < -0.4 is 16.0 Å². The van der Waals surface area contributed by atoms with E-state index in [0.717, 1.165) is 0 Å². The first-order valence-corrected chi connectivity index (χ1v) is 8.95. The van der Waals surface area contributed by atoms with E-state index >= 15 is 0 Å². The van der Waals surface area contributed by atoms with Crippen LogP contribution in [0.2, 0.25) is 0 Å². The Hall–Kier alpha value is -1.31. The van der Waals surface area contributed by atoms with Crippen LogP contribution in [0.5, 0.6) is 0 Å². The lowest BCUT2D eigenvalue weighted by molar-refractivity contribution is -0.156. The maximum Gasteiger partial charge on any atom is 0.248 e. The SMILES string of the molecule is CCC(C)(NCCNC(=O)C(C)OC(C)(CC)C(C)=O)C(=O)CNC. The van der Waals surface area contributed by atoms with Crippen LogP contribution in [0.4, 0.5) is 0 Å². The Balaban J connectivity index is 4.43. The summed E-state index contributed by atoms with van der Waals surface area (Å²) in [4.78, 5) is 35.9. The Kier molecular flexibility index (Phi) is 10.1. The fourth-order valence-corrected chi connectivity index (χ4v) is 2.30. The van der Waals surface area contributed by atoms with E-state index in [4.69, 9.17) is 4.74 Å². The van der Waals surface area contributed by atoms with Gasteiger partial charge in [0, 0.05) is 13.1 Å². The minimum atomic E-state index is -0.949. The van der Waals surface area contributed by atoms with E-state index in [-0.39, 0.29) is 17.5 Å². The first-order chi connectivity index (χ1) is 11.6. The number of nitrogens with one attached hydrogen (secondary N) is 3. The van der Waals surface area contributed by atoms with E-state index in [1.165, 1.54) is 6.92 Å². The molecule has 0 fully saturated rings. The standard InChI is InChI=1S/C18H35N3O4/c1-8-17(5,15(23)12-19-7)21-11-10-20-16(24)13(3)25-18(6,9-2)14(4)22/h13,19,21H,8-12H2,1-7H3,(H,20,24). The van der Waals surface area contributed by atoms with E-state index in [1.54, 1.807) is 20.9 Å². The van der Waals surface area contributed by atoms with Gasteiger partial charge in [0.05, 0.1) is 12.1 Å². The van der Waals surface area contributed by atoms with Gasteiger partial charge < -0.3 is 20.7 Å². The molecule has 0 saturated carbocycles. The highest BCUT2D eigenvalue weighted by atomic mass is 16.5. The fourth-order valence-electron chi connectivity index (χ4n) is 2.30. The summed E-state index contributed by atoms with van der Waals surface area (Å²) in [6.07, 6.45) is 0.440. The number of ketones is 2. The summed E-state index contributed by atoms with van der Waals surface area (Å²) in [6, 6.07) is 0. The van der Waals surface area contributed by atoms with Gasteiger partial charge in [-0.1, -0.05) is 13.8 Å². The van der Waals surface area contributed by atoms with Crippen LogP contribution in [0, 0.1) is 0 Å². The number of carbonyl (C=O) groups is 3. The minimum absolute atomic E-state index is 0.0840. The van der Waals surface area contributed by atoms with Crippen LogP contribution in [-0.2, 0) is 19.1 Å². The quantitative estimate of drug-likeness (QED) is 0.422. The highest BCUT2D eigenvalue weighted by Crippen LogP contribution is 2.18. The predicted octanol–water partition coefficient (Wildman–Crippen LogP) is 0.812. The molecule has 0 aliphatic carbocycles. The Labute approximate surface area is 151 Å². The zero-order valence-corrected chi connectivity index (χ0v) is 16.7. The molecule has 0 spiro atoms. The largest absolute Gasteiger partial charge is 0.355 e. The number of carbonyl (C=O) groups excluding carboxylic acids is 3. The molecule has 25 heavy (non-hydrogen) atoms. The maximum atomic E-state index is 12.1. The average Bonchev–Trinajstić information content (AvgIpc) is 2.57. The Morgan fingerprint density at radius 1 is 1.08 bits per heavy atom. The number of hydrogen-bond acceptors (Lipinski definition) is 6. The van der Waals surface area contributed by atoms with Crippen LogP contribution in [0.1, 0.15) is 54.4 Å². The van der Waals surface area contributed by atoms with Gasteiger partial charge in [0.25, 0.3) is 0 Å². The molecule has 3 unspecified atom stereocenters. The summed E-state index contributed by atoms with van der Waals surface area (Å²) in [7, 11) is 1.74. The lowest BCUT2D eigenvalue weighted by Crippen LogP contribution is -2.54. The third-order valence-electron chi connectivity index (χ3n) is 4.82. The van der Waals surface area contributed by atoms with Gasteiger partial charge in [-0.25, -0.2) is 0 Å². The van der Waals surface area contributed by atoms with E-state index in [1.807, 2.05) is 20.8 Å². The molecule has 0 aliphatic heterocycles. The highest BCUT2D eigenvalue weighted by molar-refractivity contribution is 5.89. The molecule has 3 atom stereocenters. The van der Waals surface area contributed by atoms with Gasteiger partial charge in [-0.3, -0.25) is 14.4 Å². The first-order valence-electron chi connectivity index (χ1n) is 8.95. The molecule has 7 nitrogen and oxygen atoms in total. The molecule has 0 aliphatic rings. The van der Waals surface area contributed by atoms with Crippen molar-refractivity contribution in [1.82, 2.24) is 16.0 Å². The molecule has 0 heterocycles. The number of Topliss-reactive ketones (excluding diaryl/α,β-unsaturated/α-hetero) is 2. The van der Waals surface area contributed by atoms with Crippen LogP contribution in [0.15, 0.2) is 0 Å². The van der Waals surface area contributed by atoms with Crippen LogP contribution in [0.3, 0.4) is 0 Å². The molecule has 0 aromatic rings. The Bertz CT molecular complexity index is 469. The summed E-state index contributed by atoms with van der Waals surface area (Å²) in [5, 5.41) is 8.84. The van der Waals surface area contributed by atoms with Gasteiger partial charge >= 0.3 is 0 Å². The molecule has 0 radical (unpaired) electrons. The molecule has 0 aromatic heterocycles. The van der Waals surface area contributed by atoms with E-state index < -0.39 is 17.2 Å². The lowest BCUT2D eigenvalue weighted by Gasteiger charge is -2.30. The van der Waals surface area contributed by atoms with Gasteiger partial charge in [0.15, 0.2) is 11.6 Å². The lowest BCUT2D eigenvalue weighted by atomic mass is 9.93. The third kappa shape index (κ3) is 7.22. The summed E-state index contributed by atoms with van der Waals surface area (Å²) >= 11 is 0. The molecule has 146 valence electrons. The number of amides is 1. The number of ether oxygens (including phenoxy) is 1. The van der Waals surface area contributed by atoms with Crippen molar-refractivity contribution in [3.8, 4) is 0 Å². The van der Waals surface area contributed by atoms with E-state index in [0.29, 0.717) is 32.5 Å². The van der Waals surface area contributed by atoms with Crippen molar-refractivity contribution >= 4 is 17.5 Å². The second kappa shape index (κ2) is 10.6. The van der Waals surface area contributed by atoms with Gasteiger partial charge in [-0.2, -0.15) is 0 Å². The zero-order chi connectivity index (χ0) is 19.7. The smallest absolute Gasteiger partial charge is 0.248 e. The fraction of sp³-hybridized carbons (Fsp3) is 0.833. The molecule has 0 saturated heterocycles. The molecular weight excluding hydrogens is 322 g/mol. The summed E-state index contributed by atoms with van der Waals surface area (Å²) in [6.45, 7) is 11.6. The first kappa shape index (κ1) is 23.7. The zero-order valence-electron chi connectivity index (χ0n) is 16.7. The molecular formula is C18H35N3O4. The van der Waals surface area contributed by atoms with Crippen molar-refractivity contribution < 1.29 is 19.1 Å². The number of rotatable bonds is 13. The van der Waals surface area contributed by atoms with Crippen LogP contribution in [-0.4, -0.2) is 61.4 Å². The van der Waals surface area contributed by atoms with Crippen molar-refractivity contribution in [1.29, 1.82) is 0 Å². The van der Waals surface area contributed by atoms with Crippen molar-refractivity contribution in [2.45, 2.75) is 71.6 Å². The van der Waals surface area contributed by atoms with Crippen LogP contribution >= 0.6 is 0 Å². The van der Waals surface area contributed by atoms with Crippen molar-refractivity contribution in [2.24, 2.45) is 0 Å². The normalized spacial score (nSPS) is 17.2. The highest BCUT2D eigenvalue weighted by Gasteiger charge is 2.33. The van der Waals surface area contributed by atoms with Gasteiger partial charge in [0.1, 0.15) is 11.7 Å². The van der Waals surface area contributed by atoms with Crippen LogP contribution in [0.25, 0.3) is 0 Å². The van der Waals surface area contributed by atoms with Crippen molar-refractivity contribution in [3.63, 3.8) is 0 Å². The summed E-state index contributed by atoms with van der Waals surface area (Å²) < 4.78 is 5.66. The monoisotopic (exact) mass is 357 g/mol. The van der Waals surface area contributed by atoms with Crippen molar-refractivity contribution in [3.05, 3.63) is 0 Å². The molecule has 0 aromatic carbocycles. The van der Waals surface area contributed by atoms with E-state index in [2.05, 4.69) is 16.0 Å². The van der Waals surface area contributed by atoms with Gasteiger partial charge in [-0.15, -0.1) is 0 Å². The molecule has 0 bridgehead atoms. The van der Waals surface area contributed by atoms with Gasteiger partial charge in [-0.05, 0) is 47.6 Å². The summed E-state index contributed by atoms with van der Waals surface area (Å²) in [5.41, 5.74) is -1.57. The number of likely N-dealkylation sites (N-methyl/N-ethyl adjacent to an activating group) is 1. The Morgan fingerprint density at radius 2 is 1.68 bits per heavy atom. The minimum Gasteiger partial charge on any atom is -0.355 e. The van der Waals surface area contributed by atoms with Gasteiger partial charge in [0.2, 0.25) is 5.91 Å². The average molecular weight is 357 g/mol. The molecule has 3 N–H and O–H groups in total. The predicted molar refractivity (Wildman–Crippen MR) is 98.6 cm³/mol. The summed E-state index contributed by atoms with van der Waals surface area (Å²) in [5.74, 6) is -0.291. The second-order valence-electron chi connectivity index (χ2n) is 6.76. The van der Waals surface area contributed by atoms with Crippen molar-refractivity contribution in [2.75, 3.05) is 26.7 Å². The third-order valence-corrected chi connectivity index (χ3v) is 4.82. The van der Waals surface area contributed by atoms with E-state index in [9.17, 15) is 14.4 Å².